The predicted octanol–water partition coefficient (Wildman–Crippen LogP) is 3.53. The van der Waals surface area contributed by atoms with Gasteiger partial charge in [0.05, 0.1) is 6.21 Å². The Morgan fingerprint density at radius 3 is 2.88 bits per heavy atom. The molecule has 3 aromatic rings. The van der Waals surface area contributed by atoms with Crippen molar-refractivity contribution in [2.45, 2.75) is 12.8 Å². The van der Waals surface area contributed by atoms with E-state index in [1.807, 2.05) is 0 Å². The van der Waals surface area contributed by atoms with E-state index < -0.39 is 5.82 Å². The standard InChI is InChI=1S/C18H15F2N3O/c19-14-6-7-17-15(9-14)12(10-21-17)5-8-18(24)23-22-11-13-3-1-2-4-16(13)20/h1-4,6-7,9-11,21H,5,8H2,(H,23,24). The van der Waals surface area contributed by atoms with E-state index in [4.69, 9.17) is 0 Å². The van der Waals surface area contributed by atoms with Gasteiger partial charge in [0, 0.05) is 29.1 Å². The zero-order valence-electron chi connectivity index (χ0n) is 12.7. The van der Waals surface area contributed by atoms with Crippen molar-refractivity contribution >= 4 is 23.0 Å². The number of aromatic amines is 1. The number of carbonyl (C=O) groups excluding carboxylic acids is 1. The first kappa shape index (κ1) is 15.9. The molecule has 2 aromatic carbocycles. The number of aromatic nitrogens is 1. The average molecular weight is 327 g/mol. The lowest BCUT2D eigenvalue weighted by Crippen LogP contribution is -2.17. The molecule has 0 radical (unpaired) electrons. The van der Waals surface area contributed by atoms with Gasteiger partial charge >= 0.3 is 0 Å². The van der Waals surface area contributed by atoms with E-state index >= 15 is 0 Å². The van der Waals surface area contributed by atoms with Gasteiger partial charge in [0.1, 0.15) is 11.6 Å². The maximum Gasteiger partial charge on any atom is 0.240 e. The van der Waals surface area contributed by atoms with E-state index in [0.717, 1.165) is 16.5 Å². The molecule has 4 nitrogen and oxygen atoms in total. The minimum Gasteiger partial charge on any atom is -0.361 e. The van der Waals surface area contributed by atoms with E-state index in [0.29, 0.717) is 12.0 Å². The summed E-state index contributed by atoms with van der Waals surface area (Å²) < 4.78 is 26.7. The number of rotatable bonds is 5. The van der Waals surface area contributed by atoms with Crippen LogP contribution in [0, 0.1) is 11.6 Å². The fraction of sp³-hybridized carbons (Fsp3) is 0.111. The lowest BCUT2D eigenvalue weighted by Gasteiger charge is -2.00. The highest BCUT2D eigenvalue weighted by atomic mass is 19.1. The second-order valence-corrected chi connectivity index (χ2v) is 5.32. The van der Waals surface area contributed by atoms with E-state index in [2.05, 4.69) is 15.5 Å². The SMILES string of the molecule is O=C(CCc1c[nH]c2ccc(F)cc12)NN=Cc1ccccc1F. The van der Waals surface area contributed by atoms with Crippen LogP contribution in [0.4, 0.5) is 8.78 Å². The number of nitrogens with zero attached hydrogens (tertiary/aromatic N) is 1. The third kappa shape index (κ3) is 3.65. The molecule has 1 amide bonds. The first-order valence-electron chi connectivity index (χ1n) is 7.45. The lowest BCUT2D eigenvalue weighted by molar-refractivity contribution is -0.121. The molecule has 0 aliphatic heterocycles. The summed E-state index contributed by atoms with van der Waals surface area (Å²) in [6.45, 7) is 0. The Morgan fingerprint density at radius 2 is 2.04 bits per heavy atom. The number of H-pyrrole nitrogens is 1. The molecule has 0 aliphatic rings. The lowest BCUT2D eigenvalue weighted by atomic mass is 10.1. The summed E-state index contributed by atoms with van der Waals surface area (Å²) in [5.74, 6) is -1.02. The molecule has 0 atom stereocenters. The van der Waals surface area contributed by atoms with Crippen molar-refractivity contribution in [2.75, 3.05) is 0 Å². The van der Waals surface area contributed by atoms with Gasteiger partial charge in [-0.25, -0.2) is 14.2 Å². The third-order valence-electron chi connectivity index (χ3n) is 3.65. The Morgan fingerprint density at radius 1 is 1.21 bits per heavy atom. The first-order valence-corrected chi connectivity index (χ1v) is 7.45. The summed E-state index contributed by atoms with van der Waals surface area (Å²) in [7, 11) is 0. The van der Waals surface area contributed by atoms with Gasteiger partial charge in [-0.15, -0.1) is 0 Å². The van der Waals surface area contributed by atoms with Crippen LogP contribution in [0.5, 0.6) is 0 Å². The van der Waals surface area contributed by atoms with Crippen LogP contribution in [0.15, 0.2) is 53.8 Å². The molecule has 0 aliphatic carbocycles. The summed E-state index contributed by atoms with van der Waals surface area (Å²) in [5, 5.41) is 4.51. The van der Waals surface area contributed by atoms with Gasteiger partial charge in [-0.05, 0) is 36.2 Å². The minimum absolute atomic E-state index is 0.193. The quantitative estimate of drug-likeness (QED) is 0.547. The predicted molar refractivity (Wildman–Crippen MR) is 88.7 cm³/mol. The number of fused-ring (bicyclic) bond motifs is 1. The van der Waals surface area contributed by atoms with Gasteiger partial charge in [-0.2, -0.15) is 5.10 Å². The Bertz CT molecular complexity index is 902. The molecule has 24 heavy (non-hydrogen) atoms. The fourth-order valence-electron chi connectivity index (χ4n) is 2.42. The minimum atomic E-state index is -0.406. The smallest absolute Gasteiger partial charge is 0.240 e. The van der Waals surface area contributed by atoms with Crippen LogP contribution in [0.25, 0.3) is 10.9 Å². The normalized spacial score (nSPS) is 11.2. The number of halogens is 2. The Labute approximate surface area is 137 Å². The number of carbonyl (C=O) groups is 1. The molecule has 3 rings (SSSR count). The number of hydrogen-bond donors (Lipinski definition) is 2. The zero-order valence-corrected chi connectivity index (χ0v) is 12.7. The van der Waals surface area contributed by atoms with Crippen LogP contribution in [0.3, 0.4) is 0 Å². The molecule has 0 fully saturated rings. The summed E-state index contributed by atoms with van der Waals surface area (Å²) in [5.41, 5.74) is 4.34. The molecule has 0 unspecified atom stereocenters. The van der Waals surface area contributed by atoms with Gasteiger partial charge < -0.3 is 4.98 Å². The van der Waals surface area contributed by atoms with Gasteiger partial charge in [0.2, 0.25) is 5.91 Å². The number of aryl methyl sites for hydroxylation is 1. The number of nitrogens with one attached hydrogen (secondary N) is 2. The molecule has 0 saturated heterocycles. The third-order valence-corrected chi connectivity index (χ3v) is 3.65. The summed E-state index contributed by atoms with van der Waals surface area (Å²) in [4.78, 5) is 14.9. The maximum absolute atomic E-state index is 13.4. The second-order valence-electron chi connectivity index (χ2n) is 5.32. The molecule has 0 saturated carbocycles. The Kier molecular flexibility index (Phi) is 4.65. The summed E-state index contributed by atoms with van der Waals surface area (Å²) >= 11 is 0. The van der Waals surface area contributed by atoms with Gasteiger partial charge in [0.15, 0.2) is 0 Å². The Hall–Kier alpha value is -3.02. The molecule has 0 spiro atoms. The van der Waals surface area contributed by atoms with Crippen molar-refractivity contribution in [3.8, 4) is 0 Å². The summed E-state index contributed by atoms with van der Waals surface area (Å²) in [6, 6.07) is 10.6. The largest absolute Gasteiger partial charge is 0.361 e. The first-order chi connectivity index (χ1) is 11.6. The van der Waals surface area contributed by atoms with Crippen LogP contribution in [0.1, 0.15) is 17.5 Å². The molecular weight excluding hydrogens is 312 g/mol. The van der Waals surface area contributed by atoms with Gasteiger partial charge in [0.25, 0.3) is 0 Å². The van der Waals surface area contributed by atoms with E-state index in [9.17, 15) is 13.6 Å². The van der Waals surface area contributed by atoms with Crippen LogP contribution < -0.4 is 5.43 Å². The van der Waals surface area contributed by atoms with Crippen LogP contribution in [-0.2, 0) is 11.2 Å². The number of amides is 1. The van der Waals surface area contributed by atoms with Crippen molar-refractivity contribution in [3.05, 3.63) is 71.4 Å². The highest BCUT2D eigenvalue weighted by molar-refractivity contribution is 5.85. The second kappa shape index (κ2) is 7.04. The van der Waals surface area contributed by atoms with Crippen molar-refractivity contribution in [1.82, 2.24) is 10.4 Å². The topological polar surface area (TPSA) is 57.2 Å². The van der Waals surface area contributed by atoms with Crippen molar-refractivity contribution in [3.63, 3.8) is 0 Å². The molecule has 1 heterocycles. The maximum atomic E-state index is 13.4. The summed E-state index contributed by atoms with van der Waals surface area (Å²) in [6.07, 6.45) is 3.66. The molecule has 122 valence electrons. The van der Waals surface area contributed by atoms with E-state index in [1.165, 1.54) is 24.4 Å². The van der Waals surface area contributed by atoms with Gasteiger partial charge in [-0.3, -0.25) is 4.79 Å². The molecule has 0 bridgehead atoms. The highest BCUT2D eigenvalue weighted by Gasteiger charge is 2.07. The van der Waals surface area contributed by atoms with Crippen molar-refractivity contribution < 1.29 is 13.6 Å². The van der Waals surface area contributed by atoms with Crippen LogP contribution >= 0.6 is 0 Å². The molecule has 2 N–H and O–H groups in total. The van der Waals surface area contributed by atoms with E-state index in [1.54, 1.807) is 30.5 Å². The van der Waals surface area contributed by atoms with Crippen molar-refractivity contribution in [2.24, 2.45) is 5.10 Å². The van der Waals surface area contributed by atoms with Crippen LogP contribution in [0.2, 0.25) is 0 Å². The number of benzene rings is 2. The van der Waals surface area contributed by atoms with Gasteiger partial charge in [-0.1, -0.05) is 18.2 Å². The number of hydrazone groups is 1. The van der Waals surface area contributed by atoms with Crippen LogP contribution in [-0.4, -0.2) is 17.1 Å². The molecule has 6 heteroatoms. The average Bonchev–Trinajstić information content (AvgIpc) is 2.97. The number of hydrogen-bond acceptors (Lipinski definition) is 2. The monoisotopic (exact) mass is 327 g/mol. The molecular formula is C18H15F2N3O. The zero-order chi connectivity index (χ0) is 16.9. The highest BCUT2D eigenvalue weighted by Crippen LogP contribution is 2.20. The van der Waals surface area contributed by atoms with E-state index in [-0.39, 0.29) is 18.1 Å². The Balaban J connectivity index is 1.57. The van der Waals surface area contributed by atoms with Crippen molar-refractivity contribution in [1.29, 1.82) is 0 Å². The molecule has 1 aromatic heterocycles. The fourth-order valence-corrected chi connectivity index (χ4v) is 2.42.